The predicted molar refractivity (Wildman–Crippen MR) is 81.2 cm³/mol. The Bertz CT molecular complexity index is 514. The lowest BCUT2D eigenvalue weighted by Crippen LogP contribution is -2.29. The Kier molecular flexibility index (Phi) is 6.30. The summed E-state index contributed by atoms with van der Waals surface area (Å²) in [4.78, 5) is 0. The van der Waals surface area contributed by atoms with Crippen LogP contribution in [0.25, 0.3) is 0 Å². The zero-order chi connectivity index (χ0) is 14.5. The van der Waals surface area contributed by atoms with E-state index in [1.165, 1.54) is 5.56 Å². The van der Waals surface area contributed by atoms with Gasteiger partial charge in [0, 0.05) is 11.9 Å². The number of sulfonamides is 1. The van der Waals surface area contributed by atoms with E-state index in [1.54, 1.807) is 0 Å². The fraction of sp³-hybridized carbons (Fsp3) is 0.571. The summed E-state index contributed by atoms with van der Waals surface area (Å²) in [5, 5.41) is 0. The van der Waals surface area contributed by atoms with Gasteiger partial charge in [0.2, 0.25) is 10.0 Å². The minimum absolute atomic E-state index is 0.134. The van der Waals surface area contributed by atoms with Crippen LogP contribution in [0.5, 0.6) is 0 Å². The van der Waals surface area contributed by atoms with Crippen molar-refractivity contribution in [2.45, 2.75) is 39.7 Å². The van der Waals surface area contributed by atoms with Crippen LogP contribution in [0.2, 0.25) is 0 Å². The SMILES string of the molecule is Cc1ccc(C(C)NS(=O)(=O)CCCCCl)c(C)c1. The Morgan fingerprint density at radius 1 is 1.26 bits per heavy atom. The van der Waals surface area contributed by atoms with Crippen molar-refractivity contribution in [2.24, 2.45) is 0 Å². The summed E-state index contributed by atoms with van der Waals surface area (Å²) in [6.07, 6.45) is 1.32. The highest BCUT2D eigenvalue weighted by Crippen LogP contribution is 2.19. The molecule has 108 valence electrons. The van der Waals surface area contributed by atoms with E-state index in [1.807, 2.05) is 32.9 Å². The second kappa shape index (κ2) is 7.27. The number of halogens is 1. The first-order valence-corrected chi connectivity index (χ1v) is 8.67. The summed E-state index contributed by atoms with van der Waals surface area (Å²) in [5.74, 6) is 0.636. The summed E-state index contributed by atoms with van der Waals surface area (Å²) in [7, 11) is -3.24. The molecule has 1 aromatic rings. The van der Waals surface area contributed by atoms with E-state index in [0.29, 0.717) is 12.3 Å². The Morgan fingerprint density at radius 2 is 1.95 bits per heavy atom. The smallest absolute Gasteiger partial charge is 0.212 e. The molecule has 0 aliphatic carbocycles. The first-order chi connectivity index (χ1) is 8.85. The van der Waals surface area contributed by atoms with E-state index in [4.69, 9.17) is 11.6 Å². The summed E-state index contributed by atoms with van der Waals surface area (Å²) >= 11 is 5.55. The largest absolute Gasteiger partial charge is 0.212 e. The van der Waals surface area contributed by atoms with Gasteiger partial charge in [-0.25, -0.2) is 13.1 Å². The number of hydrogen-bond acceptors (Lipinski definition) is 2. The topological polar surface area (TPSA) is 46.2 Å². The summed E-state index contributed by atoms with van der Waals surface area (Å²) < 4.78 is 26.5. The number of unbranched alkanes of at least 4 members (excludes halogenated alkanes) is 1. The maximum atomic E-state index is 11.9. The van der Waals surface area contributed by atoms with Gasteiger partial charge in [-0.2, -0.15) is 0 Å². The molecule has 0 fully saturated rings. The third-order valence-corrected chi connectivity index (χ3v) is 4.85. The molecule has 5 heteroatoms. The molecule has 0 radical (unpaired) electrons. The minimum Gasteiger partial charge on any atom is -0.212 e. The van der Waals surface area contributed by atoms with E-state index in [9.17, 15) is 8.42 Å². The highest BCUT2D eigenvalue weighted by atomic mass is 35.5. The molecule has 1 aromatic carbocycles. The highest BCUT2D eigenvalue weighted by molar-refractivity contribution is 7.89. The van der Waals surface area contributed by atoms with Gasteiger partial charge in [-0.15, -0.1) is 11.6 Å². The Balaban J connectivity index is 2.70. The van der Waals surface area contributed by atoms with E-state index in [0.717, 1.165) is 17.5 Å². The third-order valence-electron chi connectivity index (χ3n) is 3.04. The molecule has 1 unspecified atom stereocenters. The van der Waals surface area contributed by atoms with Crippen LogP contribution in [-0.2, 0) is 10.0 Å². The average Bonchev–Trinajstić information content (AvgIpc) is 2.28. The zero-order valence-corrected chi connectivity index (χ0v) is 13.3. The van der Waals surface area contributed by atoms with Crippen LogP contribution in [0.3, 0.4) is 0 Å². The lowest BCUT2D eigenvalue weighted by atomic mass is 10.0. The Hall–Kier alpha value is -0.580. The molecule has 0 aromatic heterocycles. The van der Waals surface area contributed by atoms with Crippen molar-refractivity contribution in [2.75, 3.05) is 11.6 Å². The van der Waals surface area contributed by atoms with E-state index >= 15 is 0 Å². The monoisotopic (exact) mass is 303 g/mol. The molecule has 1 N–H and O–H groups in total. The van der Waals surface area contributed by atoms with Gasteiger partial charge in [-0.1, -0.05) is 23.8 Å². The number of alkyl halides is 1. The number of benzene rings is 1. The maximum absolute atomic E-state index is 11.9. The number of rotatable bonds is 7. The first kappa shape index (κ1) is 16.5. The second-order valence-corrected chi connectivity index (χ2v) is 7.17. The molecule has 0 bridgehead atoms. The van der Waals surface area contributed by atoms with Crippen molar-refractivity contribution in [3.05, 3.63) is 34.9 Å². The van der Waals surface area contributed by atoms with E-state index < -0.39 is 10.0 Å². The van der Waals surface area contributed by atoms with Crippen LogP contribution in [0.4, 0.5) is 0 Å². The zero-order valence-electron chi connectivity index (χ0n) is 11.7. The van der Waals surface area contributed by atoms with Crippen molar-refractivity contribution < 1.29 is 8.42 Å². The minimum atomic E-state index is -3.24. The lowest BCUT2D eigenvalue weighted by molar-refractivity contribution is 0.563. The van der Waals surface area contributed by atoms with Gasteiger partial charge in [-0.05, 0) is 44.7 Å². The van der Waals surface area contributed by atoms with Crippen LogP contribution in [0.1, 0.15) is 42.5 Å². The van der Waals surface area contributed by atoms with Crippen molar-refractivity contribution >= 4 is 21.6 Å². The van der Waals surface area contributed by atoms with Gasteiger partial charge in [0.25, 0.3) is 0 Å². The molecule has 0 amide bonds. The van der Waals surface area contributed by atoms with Gasteiger partial charge >= 0.3 is 0 Å². The molecule has 0 saturated carbocycles. The maximum Gasteiger partial charge on any atom is 0.212 e. The number of hydrogen-bond donors (Lipinski definition) is 1. The van der Waals surface area contributed by atoms with Gasteiger partial charge in [-0.3, -0.25) is 0 Å². The van der Waals surface area contributed by atoms with Gasteiger partial charge in [0.05, 0.1) is 5.75 Å². The number of aryl methyl sites for hydroxylation is 2. The standard InChI is InChI=1S/C14H22ClNO2S/c1-11-6-7-14(12(2)10-11)13(3)16-19(17,18)9-5-4-8-15/h6-7,10,13,16H,4-5,8-9H2,1-3H3. The van der Waals surface area contributed by atoms with Crippen molar-refractivity contribution in [1.29, 1.82) is 0 Å². The molecule has 0 saturated heterocycles. The van der Waals surface area contributed by atoms with E-state index in [2.05, 4.69) is 10.8 Å². The van der Waals surface area contributed by atoms with Crippen LogP contribution >= 0.6 is 11.6 Å². The van der Waals surface area contributed by atoms with Crippen LogP contribution in [0.15, 0.2) is 18.2 Å². The molecular weight excluding hydrogens is 282 g/mol. The first-order valence-electron chi connectivity index (χ1n) is 6.49. The van der Waals surface area contributed by atoms with Crippen molar-refractivity contribution in [3.63, 3.8) is 0 Å². The molecule has 1 atom stereocenters. The Labute approximate surface area is 121 Å². The predicted octanol–water partition coefficient (Wildman–Crippen LogP) is 3.30. The molecule has 1 rings (SSSR count). The summed E-state index contributed by atoms with van der Waals surface area (Å²) in [6, 6.07) is 5.84. The van der Waals surface area contributed by atoms with Gasteiger partial charge in [0.1, 0.15) is 0 Å². The van der Waals surface area contributed by atoms with Gasteiger partial charge in [0.15, 0.2) is 0 Å². The molecule has 0 aliphatic rings. The summed E-state index contributed by atoms with van der Waals surface area (Å²) in [5.41, 5.74) is 3.31. The van der Waals surface area contributed by atoms with Crippen molar-refractivity contribution in [3.8, 4) is 0 Å². The quantitative estimate of drug-likeness (QED) is 0.620. The third kappa shape index (κ3) is 5.51. The average molecular weight is 304 g/mol. The summed E-state index contributed by atoms with van der Waals surface area (Å²) in [6.45, 7) is 5.90. The van der Waals surface area contributed by atoms with Crippen LogP contribution in [0, 0.1) is 13.8 Å². The Morgan fingerprint density at radius 3 is 2.53 bits per heavy atom. The second-order valence-electron chi connectivity index (χ2n) is 4.91. The van der Waals surface area contributed by atoms with Crippen molar-refractivity contribution in [1.82, 2.24) is 4.72 Å². The fourth-order valence-electron chi connectivity index (χ4n) is 2.09. The molecule has 0 heterocycles. The van der Waals surface area contributed by atoms with Crippen LogP contribution in [-0.4, -0.2) is 20.1 Å². The van der Waals surface area contributed by atoms with E-state index in [-0.39, 0.29) is 11.8 Å². The molecule has 0 spiro atoms. The number of nitrogens with one attached hydrogen (secondary N) is 1. The molecule has 19 heavy (non-hydrogen) atoms. The molecular formula is C14H22ClNO2S. The lowest BCUT2D eigenvalue weighted by Gasteiger charge is -2.17. The molecule has 3 nitrogen and oxygen atoms in total. The highest BCUT2D eigenvalue weighted by Gasteiger charge is 2.16. The van der Waals surface area contributed by atoms with Gasteiger partial charge < -0.3 is 0 Å². The normalized spacial score (nSPS) is 13.5. The molecule has 0 aliphatic heterocycles. The van der Waals surface area contributed by atoms with Crippen LogP contribution < -0.4 is 4.72 Å². The fourth-order valence-corrected chi connectivity index (χ4v) is 3.65.